The number of rotatable bonds is 3. The van der Waals surface area contributed by atoms with Crippen LogP contribution < -0.4 is 4.90 Å². The molecule has 0 spiro atoms. The molecule has 0 radical (unpaired) electrons. The summed E-state index contributed by atoms with van der Waals surface area (Å²) in [6.07, 6.45) is 5.11. The maximum Gasteiger partial charge on any atom is 0.135 e. The average molecular weight is 271 g/mol. The van der Waals surface area contributed by atoms with Crippen LogP contribution in [0.2, 0.25) is 0 Å². The van der Waals surface area contributed by atoms with Gasteiger partial charge in [-0.1, -0.05) is 13.3 Å². The first-order chi connectivity index (χ1) is 9.69. The lowest BCUT2D eigenvalue weighted by Crippen LogP contribution is -2.32. The van der Waals surface area contributed by atoms with Gasteiger partial charge in [-0.15, -0.1) is 0 Å². The predicted octanol–water partition coefficient (Wildman–Crippen LogP) is 2.33. The molecule has 0 saturated heterocycles. The first kappa shape index (κ1) is 13.1. The zero-order valence-corrected chi connectivity index (χ0v) is 12.4. The number of H-pyrrole nitrogens is 1. The van der Waals surface area contributed by atoms with Crippen LogP contribution in [0.1, 0.15) is 41.7 Å². The van der Waals surface area contributed by atoms with E-state index < -0.39 is 0 Å². The van der Waals surface area contributed by atoms with E-state index in [1.165, 1.54) is 22.5 Å². The van der Waals surface area contributed by atoms with Gasteiger partial charge in [-0.25, -0.2) is 9.97 Å². The Kier molecular flexibility index (Phi) is 3.42. The predicted molar refractivity (Wildman–Crippen MR) is 78.8 cm³/mol. The fraction of sp³-hybridized carbons (Fsp3) is 0.533. The quantitative estimate of drug-likeness (QED) is 0.931. The molecule has 2 aromatic heterocycles. The third kappa shape index (κ3) is 2.28. The Morgan fingerprint density at radius 1 is 1.35 bits per heavy atom. The SMILES string of the molecule is CCCc1cnc(C)nc1N1CCc2n[nH]c(C)c2C1. The van der Waals surface area contributed by atoms with Crippen molar-refractivity contribution in [3.05, 3.63) is 34.5 Å². The Labute approximate surface area is 119 Å². The van der Waals surface area contributed by atoms with Gasteiger partial charge in [-0.3, -0.25) is 5.10 Å². The van der Waals surface area contributed by atoms with E-state index in [-0.39, 0.29) is 0 Å². The molecule has 106 valence electrons. The van der Waals surface area contributed by atoms with Crippen LogP contribution in [0, 0.1) is 13.8 Å². The molecule has 5 heteroatoms. The van der Waals surface area contributed by atoms with E-state index in [0.29, 0.717) is 0 Å². The van der Waals surface area contributed by atoms with Crippen LogP contribution in [-0.4, -0.2) is 26.7 Å². The molecule has 0 aromatic carbocycles. The zero-order chi connectivity index (χ0) is 14.1. The van der Waals surface area contributed by atoms with Gasteiger partial charge < -0.3 is 4.90 Å². The number of aromatic nitrogens is 4. The summed E-state index contributed by atoms with van der Waals surface area (Å²) in [5.74, 6) is 1.94. The molecule has 1 aliphatic rings. The number of aromatic amines is 1. The summed E-state index contributed by atoms with van der Waals surface area (Å²) >= 11 is 0. The topological polar surface area (TPSA) is 57.7 Å². The maximum atomic E-state index is 4.69. The van der Waals surface area contributed by atoms with Gasteiger partial charge in [0.1, 0.15) is 11.6 Å². The van der Waals surface area contributed by atoms with E-state index in [1.54, 1.807) is 0 Å². The molecule has 20 heavy (non-hydrogen) atoms. The molecule has 0 amide bonds. The van der Waals surface area contributed by atoms with Crippen LogP contribution in [0.5, 0.6) is 0 Å². The number of hydrogen-bond acceptors (Lipinski definition) is 4. The summed E-state index contributed by atoms with van der Waals surface area (Å²) in [5, 5.41) is 7.47. The largest absolute Gasteiger partial charge is 0.351 e. The fourth-order valence-corrected chi connectivity index (χ4v) is 2.81. The smallest absolute Gasteiger partial charge is 0.135 e. The average Bonchev–Trinajstić information content (AvgIpc) is 2.82. The lowest BCUT2D eigenvalue weighted by Gasteiger charge is -2.29. The van der Waals surface area contributed by atoms with Crippen molar-refractivity contribution in [1.82, 2.24) is 20.2 Å². The highest BCUT2D eigenvalue weighted by Crippen LogP contribution is 2.26. The summed E-state index contributed by atoms with van der Waals surface area (Å²) in [6, 6.07) is 0. The van der Waals surface area contributed by atoms with Crippen molar-refractivity contribution in [3.8, 4) is 0 Å². The van der Waals surface area contributed by atoms with E-state index in [4.69, 9.17) is 0 Å². The van der Waals surface area contributed by atoms with Gasteiger partial charge >= 0.3 is 0 Å². The molecule has 0 bridgehead atoms. The Morgan fingerprint density at radius 3 is 3.00 bits per heavy atom. The molecule has 3 heterocycles. The van der Waals surface area contributed by atoms with Crippen LogP contribution in [-0.2, 0) is 19.4 Å². The molecule has 2 aromatic rings. The summed E-state index contributed by atoms with van der Waals surface area (Å²) in [6.45, 7) is 8.11. The maximum absolute atomic E-state index is 4.69. The van der Waals surface area contributed by atoms with Crippen molar-refractivity contribution >= 4 is 5.82 Å². The van der Waals surface area contributed by atoms with Crippen molar-refractivity contribution in [1.29, 1.82) is 0 Å². The first-order valence-corrected chi connectivity index (χ1v) is 7.29. The molecule has 0 aliphatic carbocycles. The number of anilines is 1. The Morgan fingerprint density at radius 2 is 2.20 bits per heavy atom. The summed E-state index contributed by atoms with van der Waals surface area (Å²) in [7, 11) is 0. The molecular weight excluding hydrogens is 250 g/mol. The van der Waals surface area contributed by atoms with Crippen LogP contribution in [0.4, 0.5) is 5.82 Å². The highest BCUT2D eigenvalue weighted by atomic mass is 15.2. The van der Waals surface area contributed by atoms with E-state index in [1.807, 2.05) is 13.1 Å². The highest BCUT2D eigenvalue weighted by molar-refractivity contribution is 5.49. The van der Waals surface area contributed by atoms with Crippen LogP contribution >= 0.6 is 0 Å². The summed E-state index contributed by atoms with van der Waals surface area (Å²) in [5.41, 5.74) is 4.96. The number of fused-ring (bicyclic) bond motifs is 1. The molecule has 0 unspecified atom stereocenters. The molecule has 3 rings (SSSR count). The molecular formula is C15H21N5. The lowest BCUT2D eigenvalue weighted by molar-refractivity contribution is 0.697. The summed E-state index contributed by atoms with van der Waals surface area (Å²) in [4.78, 5) is 11.4. The molecule has 1 N–H and O–H groups in total. The van der Waals surface area contributed by atoms with Crippen molar-refractivity contribution in [2.45, 2.75) is 46.6 Å². The van der Waals surface area contributed by atoms with Crippen LogP contribution in [0.15, 0.2) is 6.20 Å². The monoisotopic (exact) mass is 271 g/mol. The standard InChI is InChI=1S/C15H21N5/c1-4-5-12-8-16-11(3)17-15(12)20-7-6-14-13(9-20)10(2)18-19-14/h8H,4-7,9H2,1-3H3,(H,18,19). The van der Waals surface area contributed by atoms with E-state index in [2.05, 4.69) is 38.9 Å². The van der Waals surface area contributed by atoms with Crippen molar-refractivity contribution < 1.29 is 0 Å². The molecule has 5 nitrogen and oxygen atoms in total. The summed E-state index contributed by atoms with van der Waals surface area (Å²) < 4.78 is 0. The van der Waals surface area contributed by atoms with Gasteiger partial charge in [-0.05, 0) is 20.3 Å². The minimum absolute atomic E-state index is 0.842. The Balaban J connectivity index is 1.94. The lowest BCUT2D eigenvalue weighted by atomic mass is 10.0. The third-order valence-electron chi connectivity index (χ3n) is 3.91. The van der Waals surface area contributed by atoms with Gasteiger partial charge in [0.05, 0.1) is 5.69 Å². The number of hydrogen-bond donors (Lipinski definition) is 1. The van der Waals surface area contributed by atoms with E-state index in [0.717, 1.165) is 44.0 Å². The zero-order valence-electron chi connectivity index (χ0n) is 12.4. The second kappa shape index (κ2) is 5.23. The molecule has 0 atom stereocenters. The van der Waals surface area contributed by atoms with Crippen molar-refractivity contribution in [3.63, 3.8) is 0 Å². The van der Waals surface area contributed by atoms with Crippen LogP contribution in [0.25, 0.3) is 0 Å². The van der Waals surface area contributed by atoms with Crippen molar-refractivity contribution in [2.75, 3.05) is 11.4 Å². The van der Waals surface area contributed by atoms with Crippen LogP contribution in [0.3, 0.4) is 0 Å². The first-order valence-electron chi connectivity index (χ1n) is 7.29. The Hall–Kier alpha value is -1.91. The minimum atomic E-state index is 0.842. The second-order valence-electron chi connectivity index (χ2n) is 5.46. The fourth-order valence-electron chi connectivity index (χ4n) is 2.81. The number of nitrogens with one attached hydrogen (secondary N) is 1. The van der Waals surface area contributed by atoms with Gasteiger partial charge in [0.2, 0.25) is 0 Å². The van der Waals surface area contributed by atoms with Gasteiger partial charge in [0.25, 0.3) is 0 Å². The van der Waals surface area contributed by atoms with Gasteiger partial charge in [-0.2, -0.15) is 5.10 Å². The Bertz CT molecular complexity index is 617. The highest BCUT2D eigenvalue weighted by Gasteiger charge is 2.23. The van der Waals surface area contributed by atoms with E-state index in [9.17, 15) is 0 Å². The molecule has 0 fully saturated rings. The number of aryl methyl sites for hydroxylation is 3. The van der Waals surface area contributed by atoms with Crippen molar-refractivity contribution in [2.24, 2.45) is 0 Å². The minimum Gasteiger partial charge on any atom is -0.351 e. The second-order valence-corrected chi connectivity index (χ2v) is 5.46. The molecule has 0 saturated carbocycles. The number of nitrogens with zero attached hydrogens (tertiary/aromatic N) is 4. The molecule has 1 aliphatic heterocycles. The van der Waals surface area contributed by atoms with E-state index >= 15 is 0 Å². The normalized spacial score (nSPS) is 14.4. The van der Waals surface area contributed by atoms with Gasteiger partial charge in [0, 0.05) is 42.5 Å². The third-order valence-corrected chi connectivity index (χ3v) is 3.91. The van der Waals surface area contributed by atoms with Gasteiger partial charge in [0.15, 0.2) is 0 Å².